The van der Waals surface area contributed by atoms with Gasteiger partial charge < -0.3 is 14.7 Å². The summed E-state index contributed by atoms with van der Waals surface area (Å²) in [5, 5.41) is 9.91. The topological polar surface area (TPSA) is 84.1 Å². The quantitative estimate of drug-likeness (QED) is 0.482. The average Bonchev–Trinajstić information content (AvgIpc) is 3.62. The second kappa shape index (κ2) is 7.58. The molecule has 2 aliphatic rings. The number of aryl methyl sites for hydroxylation is 1. The molecular weight excluding hydrogens is 402 g/mol. The van der Waals surface area contributed by atoms with Crippen molar-refractivity contribution in [2.45, 2.75) is 44.9 Å². The predicted octanol–water partition coefficient (Wildman–Crippen LogP) is 5.20. The molecule has 2 fully saturated rings. The molecule has 1 aliphatic heterocycles. The second-order valence-electron chi connectivity index (χ2n) is 8.87. The van der Waals surface area contributed by atoms with Crippen molar-refractivity contribution in [1.82, 2.24) is 15.1 Å². The SMILES string of the molecule is Cc1noc2nc(C3CC3)cc(C(=O)Nc3ccc(N4CCCCC4)c4ccncc34)c12. The van der Waals surface area contributed by atoms with Crippen LogP contribution in [0, 0.1) is 6.92 Å². The summed E-state index contributed by atoms with van der Waals surface area (Å²) in [5.41, 5.74) is 4.54. The molecule has 1 amide bonds. The van der Waals surface area contributed by atoms with Crippen LogP contribution in [0.1, 0.15) is 59.8 Å². The highest BCUT2D eigenvalue weighted by Crippen LogP contribution is 2.41. The number of nitrogens with one attached hydrogen (secondary N) is 1. The lowest BCUT2D eigenvalue weighted by molar-refractivity contribution is 0.102. The van der Waals surface area contributed by atoms with E-state index in [-0.39, 0.29) is 5.91 Å². The number of pyridine rings is 2. The van der Waals surface area contributed by atoms with Gasteiger partial charge >= 0.3 is 0 Å². The zero-order chi connectivity index (χ0) is 21.7. The average molecular weight is 428 g/mol. The number of rotatable bonds is 4. The third-order valence-corrected chi connectivity index (χ3v) is 6.62. The van der Waals surface area contributed by atoms with Crippen LogP contribution in [-0.2, 0) is 0 Å². The van der Waals surface area contributed by atoms with Crippen molar-refractivity contribution in [1.29, 1.82) is 0 Å². The predicted molar refractivity (Wildman–Crippen MR) is 124 cm³/mol. The number of fused-ring (bicyclic) bond motifs is 2. The van der Waals surface area contributed by atoms with Crippen LogP contribution in [0.2, 0.25) is 0 Å². The Morgan fingerprint density at radius 2 is 1.97 bits per heavy atom. The molecule has 0 bridgehead atoms. The number of amides is 1. The van der Waals surface area contributed by atoms with Crippen molar-refractivity contribution in [3.63, 3.8) is 0 Å². The van der Waals surface area contributed by atoms with Crippen molar-refractivity contribution >= 4 is 39.2 Å². The number of anilines is 2. The molecule has 0 radical (unpaired) electrons. The van der Waals surface area contributed by atoms with E-state index < -0.39 is 0 Å². The Bertz CT molecular complexity index is 1340. The van der Waals surface area contributed by atoms with E-state index in [4.69, 9.17) is 4.52 Å². The Balaban J connectivity index is 1.40. The fourth-order valence-corrected chi connectivity index (χ4v) is 4.76. The minimum Gasteiger partial charge on any atom is -0.371 e. The lowest BCUT2D eigenvalue weighted by Crippen LogP contribution is -2.29. The Morgan fingerprint density at radius 3 is 2.78 bits per heavy atom. The van der Waals surface area contributed by atoms with Crippen LogP contribution >= 0.6 is 0 Å². The lowest BCUT2D eigenvalue weighted by atomic mass is 10.0. The van der Waals surface area contributed by atoms with Crippen molar-refractivity contribution in [2.24, 2.45) is 0 Å². The maximum Gasteiger partial charge on any atom is 0.259 e. The minimum absolute atomic E-state index is 0.179. The molecule has 1 aliphatic carbocycles. The van der Waals surface area contributed by atoms with E-state index in [1.807, 2.05) is 37.5 Å². The zero-order valence-corrected chi connectivity index (χ0v) is 18.1. The van der Waals surface area contributed by atoms with E-state index in [0.717, 1.165) is 48.1 Å². The Kier molecular flexibility index (Phi) is 4.56. The van der Waals surface area contributed by atoms with Crippen LogP contribution in [0.4, 0.5) is 11.4 Å². The third-order valence-electron chi connectivity index (χ3n) is 6.62. The standard InChI is InChI=1S/C25H25N5O2/c1-15-23-18(13-21(16-5-6-16)28-25(23)32-29-15)24(31)27-20-7-8-22(30-11-3-2-4-12-30)17-9-10-26-14-19(17)20/h7-10,13-14,16H,2-6,11-12H2,1H3,(H,27,31). The molecule has 0 unspecified atom stereocenters. The maximum atomic E-state index is 13.5. The molecule has 7 nitrogen and oxygen atoms in total. The summed E-state index contributed by atoms with van der Waals surface area (Å²) in [6.07, 6.45) is 9.56. The molecule has 1 saturated carbocycles. The first-order valence-corrected chi connectivity index (χ1v) is 11.4. The van der Waals surface area contributed by atoms with Crippen molar-refractivity contribution in [3.05, 3.63) is 53.6 Å². The molecule has 0 spiro atoms. The first kappa shape index (κ1) is 19.2. The monoisotopic (exact) mass is 427 g/mol. The van der Waals surface area contributed by atoms with Crippen LogP contribution < -0.4 is 10.2 Å². The highest BCUT2D eigenvalue weighted by Gasteiger charge is 2.29. The van der Waals surface area contributed by atoms with E-state index in [9.17, 15) is 4.79 Å². The third kappa shape index (κ3) is 3.28. The number of hydrogen-bond donors (Lipinski definition) is 1. The number of hydrogen-bond acceptors (Lipinski definition) is 6. The van der Waals surface area contributed by atoms with Gasteiger partial charge in [0.1, 0.15) is 0 Å². The van der Waals surface area contributed by atoms with Crippen molar-refractivity contribution < 1.29 is 9.32 Å². The molecule has 1 saturated heterocycles. The Hall–Kier alpha value is -3.48. The van der Waals surface area contributed by atoms with E-state index in [0.29, 0.717) is 28.3 Å². The molecule has 1 aromatic carbocycles. The van der Waals surface area contributed by atoms with Gasteiger partial charge in [-0.25, -0.2) is 4.98 Å². The summed E-state index contributed by atoms with van der Waals surface area (Å²) in [4.78, 5) is 24.8. The number of piperidine rings is 1. The number of benzene rings is 1. The van der Waals surface area contributed by atoms with Crippen LogP contribution in [-0.4, -0.2) is 34.1 Å². The Morgan fingerprint density at radius 1 is 1.12 bits per heavy atom. The first-order chi connectivity index (χ1) is 15.7. The molecule has 32 heavy (non-hydrogen) atoms. The summed E-state index contributed by atoms with van der Waals surface area (Å²) in [6.45, 7) is 3.97. The van der Waals surface area contributed by atoms with Gasteiger partial charge in [0.15, 0.2) is 0 Å². The van der Waals surface area contributed by atoms with E-state index >= 15 is 0 Å². The smallest absolute Gasteiger partial charge is 0.259 e. The molecule has 162 valence electrons. The van der Waals surface area contributed by atoms with E-state index in [2.05, 4.69) is 31.4 Å². The fraction of sp³-hybridized carbons (Fsp3) is 0.360. The van der Waals surface area contributed by atoms with Gasteiger partial charge in [-0.2, -0.15) is 0 Å². The van der Waals surface area contributed by atoms with Crippen LogP contribution in [0.25, 0.3) is 21.9 Å². The zero-order valence-electron chi connectivity index (χ0n) is 18.1. The summed E-state index contributed by atoms with van der Waals surface area (Å²) < 4.78 is 5.40. The van der Waals surface area contributed by atoms with Gasteiger partial charge in [-0.1, -0.05) is 5.16 Å². The van der Waals surface area contributed by atoms with Crippen LogP contribution in [0.3, 0.4) is 0 Å². The molecular formula is C25H25N5O2. The summed E-state index contributed by atoms with van der Waals surface area (Å²) >= 11 is 0. The summed E-state index contributed by atoms with van der Waals surface area (Å²) in [7, 11) is 0. The minimum atomic E-state index is -0.179. The number of nitrogens with zero attached hydrogens (tertiary/aromatic N) is 4. The molecule has 1 N–H and O–H groups in total. The van der Waals surface area contributed by atoms with Crippen molar-refractivity contribution in [3.8, 4) is 0 Å². The van der Waals surface area contributed by atoms with Gasteiger partial charge in [-0.3, -0.25) is 9.78 Å². The number of carbonyl (C=O) groups excluding carboxylic acids is 1. The van der Waals surface area contributed by atoms with Gasteiger partial charge in [0.25, 0.3) is 11.6 Å². The molecule has 6 rings (SSSR count). The Labute approximate surface area is 185 Å². The van der Waals surface area contributed by atoms with Crippen molar-refractivity contribution in [2.75, 3.05) is 23.3 Å². The van der Waals surface area contributed by atoms with Crippen LogP contribution in [0.5, 0.6) is 0 Å². The van der Waals surface area contributed by atoms with Gasteiger partial charge in [-0.05, 0) is 63.3 Å². The van der Waals surface area contributed by atoms with Crippen LogP contribution in [0.15, 0.2) is 41.2 Å². The fourth-order valence-electron chi connectivity index (χ4n) is 4.76. The normalized spacial score (nSPS) is 16.6. The van der Waals surface area contributed by atoms with E-state index in [1.54, 1.807) is 0 Å². The van der Waals surface area contributed by atoms with E-state index in [1.165, 1.54) is 24.9 Å². The molecule has 4 aromatic rings. The van der Waals surface area contributed by atoms with Gasteiger partial charge in [0.05, 0.1) is 22.3 Å². The largest absolute Gasteiger partial charge is 0.371 e. The van der Waals surface area contributed by atoms with Gasteiger partial charge in [-0.15, -0.1) is 0 Å². The summed E-state index contributed by atoms with van der Waals surface area (Å²) in [5.74, 6) is 0.228. The van der Waals surface area contributed by atoms with Gasteiger partial charge in [0.2, 0.25) is 0 Å². The molecule has 4 heterocycles. The van der Waals surface area contributed by atoms with Gasteiger partial charge in [0, 0.05) is 53.6 Å². The molecule has 0 atom stereocenters. The number of carbonyl (C=O) groups is 1. The molecule has 3 aromatic heterocycles. The maximum absolute atomic E-state index is 13.5. The lowest BCUT2D eigenvalue weighted by Gasteiger charge is -2.30. The summed E-state index contributed by atoms with van der Waals surface area (Å²) in [6, 6.07) is 8.05. The first-order valence-electron chi connectivity index (χ1n) is 11.4. The highest BCUT2D eigenvalue weighted by atomic mass is 16.5. The molecule has 7 heteroatoms. The second-order valence-corrected chi connectivity index (χ2v) is 8.87. The number of aromatic nitrogens is 3. The highest BCUT2D eigenvalue weighted by molar-refractivity contribution is 6.15.